The van der Waals surface area contributed by atoms with Gasteiger partial charge in [0.1, 0.15) is 0 Å². The Bertz CT molecular complexity index is 116. The van der Waals surface area contributed by atoms with Crippen LogP contribution in [0.4, 0.5) is 0 Å². The predicted molar refractivity (Wildman–Crippen MR) is 43.9 cm³/mol. The molecule has 0 rings (SSSR count). The Morgan fingerprint density at radius 3 is 2.22 bits per heavy atom. The average molecular weight is 168 g/mol. The van der Waals surface area contributed by atoms with Gasteiger partial charge in [0.05, 0.1) is 4.86 Å². The van der Waals surface area contributed by atoms with Crippen molar-refractivity contribution in [1.82, 2.24) is 0 Å². The van der Waals surface area contributed by atoms with E-state index >= 15 is 0 Å². The highest BCUT2D eigenvalue weighted by atomic mass is 35.5. The predicted octanol–water partition coefficient (Wildman–Crippen LogP) is 1.06. The molecular weight excluding hydrogens is 158 g/mol. The van der Waals surface area contributed by atoms with Gasteiger partial charge in [0.2, 0.25) is 0 Å². The topological polar surface area (TPSA) is 43.1 Å². The van der Waals surface area contributed by atoms with E-state index in [1.807, 2.05) is 6.92 Å². The Morgan fingerprint density at radius 1 is 1.67 bits per heavy atom. The van der Waals surface area contributed by atoms with Crippen molar-refractivity contribution in [2.24, 2.45) is 5.73 Å². The Morgan fingerprint density at radius 2 is 2.11 bits per heavy atom. The summed E-state index contributed by atoms with van der Waals surface area (Å²) in [5, 5.41) is 0. The van der Waals surface area contributed by atoms with E-state index in [4.69, 9.17) is 5.73 Å². The molecule has 0 aromatic heterocycles. The van der Waals surface area contributed by atoms with Crippen molar-refractivity contribution in [3.63, 3.8) is 0 Å². The zero-order valence-corrected chi connectivity index (χ0v) is 6.85. The molecule has 0 heterocycles. The van der Waals surface area contributed by atoms with Crippen LogP contribution in [-0.4, -0.2) is 10.8 Å². The Kier molecular flexibility index (Phi) is 7.72. The van der Waals surface area contributed by atoms with Crippen molar-refractivity contribution in [3.05, 3.63) is 0 Å². The molecule has 4 heteroatoms. The van der Waals surface area contributed by atoms with Crippen LogP contribution >= 0.6 is 24.6 Å². The van der Waals surface area contributed by atoms with Gasteiger partial charge in [-0.3, -0.25) is 4.79 Å². The highest BCUT2D eigenvalue weighted by Gasteiger charge is 1.99. The molecule has 54 valence electrons. The van der Waals surface area contributed by atoms with Gasteiger partial charge in [-0.25, -0.2) is 0 Å². The second-order valence-electron chi connectivity index (χ2n) is 1.54. The molecule has 0 unspecified atom stereocenters. The molecule has 0 aliphatic heterocycles. The van der Waals surface area contributed by atoms with Gasteiger partial charge in [-0.1, -0.05) is 25.6 Å². The lowest BCUT2D eigenvalue weighted by molar-refractivity contribution is -0.111. The second-order valence-corrected chi connectivity index (χ2v) is 2.03. The lowest BCUT2D eigenvalue weighted by Crippen LogP contribution is -2.20. The van der Waals surface area contributed by atoms with E-state index in [1.165, 1.54) is 0 Å². The molecule has 2 N–H and O–H groups in total. The third kappa shape index (κ3) is 5.73. The van der Waals surface area contributed by atoms with Gasteiger partial charge in [-0.2, -0.15) is 0 Å². The molecule has 0 spiro atoms. The molecule has 0 bridgehead atoms. The van der Waals surface area contributed by atoms with Gasteiger partial charge < -0.3 is 5.73 Å². The molecule has 0 aromatic carbocycles. The average Bonchev–Trinajstić information content (AvgIpc) is 1.67. The zero-order valence-electron chi connectivity index (χ0n) is 5.22. The molecule has 0 aliphatic carbocycles. The molecule has 9 heavy (non-hydrogen) atoms. The number of hydrogen-bond donors (Lipinski definition) is 1. The molecule has 1 amide bonds. The van der Waals surface area contributed by atoms with Crippen molar-refractivity contribution >= 4 is 35.4 Å². The maximum atomic E-state index is 10.2. The van der Waals surface area contributed by atoms with Gasteiger partial charge >= 0.3 is 0 Å². The van der Waals surface area contributed by atoms with Crippen LogP contribution in [0.25, 0.3) is 0 Å². The van der Waals surface area contributed by atoms with Crippen LogP contribution in [0.5, 0.6) is 0 Å². The quantitative estimate of drug-likeness (QED) is 0.639. The van der Waals surface area contributed by atoms with E-state index in [2.05, 4.69) is 12.2 Å². The molecular formula is C5H10ClNOS. The summed E-state index contributed by atoms with van der Waals surface area (Å²) in [6.07, 6.45) is 1.53. The first-order chi connectivity index (χ1) is 3.68. The van der Waals surface area contributed by atoms with E-state index < -0.39 is 5.91 Å². The normalized spacial score (nSPS) is 7.67. The SMILES string of the molecule is CCCC(=S)C(N)=O.Cl. The lowest BCUT2D eigenvalue weighted by Gasteiger charge is -1.91. The van der Waals surface area contributed by atoms with Crippen LogP contribution < -0.4 is 5.73 Å². The molecule has 0 aliphatic rings. The number of halogens is 1. The second kappa shape index (κ2) is 5.98. The summed E-state index contributed by atoms with van der Waals surface area (Å²) < 4.78 is 0. The number of amides is 1. The maximum absolute atomic E-state index is 10.2. The number of thiocarbonyl (C=S) groups is 1. The van der Waals surface area contributed by atoms with Crippen molar-refractivity contribution in [2.45, 2.75) is 19.8 Å². The smallest absolute Gasteiger partial charge is 0.255 e. The Hall–Kier alpha value is -0.150. The summed E-state index contributed by atoms with van der Waals surface area (Å²) in [7, 11) is 0. The fourth-order valence-corrected chi connectivity index (χ4v) is 0.554. The summed E-state index contributed by atoms with van der Waals surface area (Å²) >= 11 is 4.60. The standard InChI is InChI=1S/C5H9NOS.ClH/c1-2-3-4(8)5(6)7;/h2-3H2,1H3,(H2,6,7);1H. The summed E-state index contributed by atoms with van der Waals surface area (Å²) in [5.74, 6) is -0.457. The van der Waals surface area contributed by atoms with Crippen molar-refractivity contribution < 1.29 is 4.79 Å². The number of nitrogens with two attached hydrogens (primary N) is 1. The van der Waals surface area contributed by atoms with Gasteiger partial charge in [0, 0.05) is 0 Å². The van der Waals surface area contributed by atoms with Crippen LogP contribution in [0.2, 0.25) is 0 Å². The molecule has 0 radical (unpaired) electrons. The first kappa shape index (κ1) is 11.6. The minimum absolute atomic E-state index is 0. The number of rotatable bonds is 3. The van der Waals surface area contributed by atoms with Crippen LogP contribution in [0, 0.1) is 0 Å². The van der Waals surface area contributed by atoms with E-state index in [0.29, 0.717) is 11.3 Å². The first-order valence-electron chi connectivity index (χ1n) is 2.51. The van der Waals surface area contributed by atoms with E-state index in [1.54, 1.807) is 0 Å². The largest absolute Gasteiger partial charge is 0.365 e. The number of primary amides is 1. The molecule has 0 aromatic rings. The third-order valence-electron chi connectivity index (χ3n) is 0.752. The van der Waals surface area contributed by atoms with E-state index in [0.717, 1.165) is 6.42 Å². The number of carbonyl (C=O) groups is 1. The monoisotopic (exact) mass is 167 g/mol. The Labute approximate surface area is 66.2 Å². The van der Waals surface area contributed by atoms with Crippen LogP contribution in [0.15, 0.2) is 0 Å². The molecule has 0 fully saturated rings. The van der Waals surface area contributed by atoms with Crippen molar-refractivity contribution in [3.8, 4) is 0 Å². The fourth-order valence-electron chi connectivity index (χ4n) is 0.350. The Balaban J connectivity index is 0. The summed E-state index contributed by atoms with van der Waals surface area (Å²) in [6, 6.07) is 0. The minimum Gasteiger partial charge on any atom is -0.365 e. The van der Waals surface area contributed by atoms with Gasteiger partial charge in [-0.15, -0.1) is 12.4 Å². The molecule has 0 atom stereocenters. The van der Waals surface area contributed by atoms with Gasteiger partial charge in [0.15, 0.2) is 0 Å². The van der Waals surface area contributed by atoms with E-state index in [-0.39, 0.29) is 12.4 Å². The van der Waals surface area contributed by atoms with Crippen molar-refractivity contribution in [2.75, 3.05) is 0 Å². The molecule has 0 saturated carbocycles. The summed E-state index contributed by atoms with van der Waals surface area (Å²) in [4.78, 5) is 10.5. The van der Waals surface area contributed by atoms with E-state index in [9.17, 15) is 4.79 Å². The van der Waals surface area contributed by atoms with Crippen molar-refractivity contribution in [1.29, 1.82) is 0 Å². The first-order valence-corrected chi connectivity index (χ1v) is 2.92. The van der Waals surface area contributed by atoms with Crippen LogP contribution in [0.1, 0.15) is 19.8 Å². The third-order valence-corrected chi connectivity index (χ3v) is 1.16. The van der Waals surface area contributed by atoms with Gasteiger partial charge in [0.25, 0.3) is 5.91 Å². The number of hydrogen-bond acceptors (Lipinski definition) is 2. The van der Waals surface area contributed by atoms with Gasteiger partial charge in [-0.05, 0) is 6.42 Å². The minimum atomic E-state index is -0.457. The summed E-state index contributed by atoms with van der Waals surface area (Å²) in [6.45, 7) is 1.95. The molecule has 0 saturated heterocycles. The fraction of sp³-hybridized carbons (Fsp3) is 0.600. The number of carbonyl (C=O) groups excluding carboxylic acids is 1. The highest BCUT2D eigenvalue weighted by molar-refractivity contribution is 7.82. The van der Waals surface area contributed by atoms with Crippen LogP contribution in [-0.2, 0) is 4.79 Å². The van der Waals surface area contributed by atoms with Crippen LogP contribution in [0.3, 0.4) is 0 Å². The summed E-state index contributed by atoms with van der Waals surface area (Å²) in [5.41, 5.74) is 4.84. The molecule has 2 nitrogen and oxygen atoms in total. The highest BCUT2D eigenvalue weighted by Crippen LogP contribution is 1.89. The maximum Gasteiger partial charge on any atom is 0.255 e. The lowest BCUT2D eigenvalue weighted by atomic mass is 10.2. The zero-order chi connectivity index (χ0) is 6.57.